The van der Waals surface area contributed by atoms with E-state index in [9.17, 15) is 14.7 Å². The number of cyclic esters (lactones) is 1. The molecule has 1 amide bonds. The molecule has 3 heterocycles. The molecule has 2 fully saturated rings. The van der Waals surface area contributed by atoms with Gasteiger partial charge >= 0.3 is 12.1 Å². The van der Waals surface area contributed by atoms with E-state index in [0.29, 0.717) is 6.42 Å². The quantitative estimate of drug-likeness (QED) is 0.547. The molecule has 2 bridgehead atoms. The van der Waals surface area contributed by atoms with E-state index >= 15 is 0 Å². The van der Waals surface area contributed by atoms with Gasteiger partial charge in [0.1, 0.15) is 18.8 Å². The summed E-state index contributed by atoms with van der Waals surface area (Å²) in [6, 6.07) is -0.671. The van der Waals surface area contributed by atoms with Crippen LogP contribution in [-0.2, 0) is 19.0 Å². The molecule has 0 spiro atoms. The predicted octanol–water partition coefficient (Wildman–Crippen LogP) is 2.34. The highest BCUT2D eigenvalue weighted by Gasteiger charge is 2.50. The van der Waals surface area contributed by atoms with Crippen molar-refractivity contribution < 1.29 is 28.9 Å². The number of allylic oxidation sites excluding steroid dienone is 3. The number of fused-ring (bicyclic) bond motifs is 2. The van der Waals surface area contributed by atoms with Crippen molar-refractivity contribution in [3.05, 3.63) is 23.8 Å². The lowest BCUT2D eigenvalue weighted by molar-refractivity contribution is -0.286. The highest BCUT2D eigenvalue weighted by Crippen LogP contribution is 2.35. The van der Waals surface area contributed by atoms with E-state index in [1.807, 2.05) is 6.92 Å². The number of alkyl carbamates (subject to hydrolysis) is 1. The fraction of sp³-hybridized carbons (Fsp3) is 0.684. The van der Waals surface area contributed by atoms with E-state index in [1.54, 1.807) is 0 Å². The van der Waals surface area contributed by atoms with Gasteiger partial charge in [0, 0.05) is 18.9 Å². The van der Waals surface area contributed by atoms with Crippen LogP contribution in [0.3, 0.4) is 0 Å². The summed E-state index contributed by atoms with van der Waals surface area (Å²) in [5.74, 6) is -2.01. The van der Waals surface area contributed by atoms with Crippen LogP contribution in [0.5, 0.6) is 0 Å². The van der Waals surface area contributed by atoms with Crippen molar-refractivity contribution >= 4 is 12.1 Å². The molecule has 0 aromatic carbocycles. The lowest BCUT2D eigenvalue weighted by Crippen LogP contribution is -2.58. The van der Waals surface area contributed by atoms with Crippen LogP contribution in [0.2, 0.25) is 0 Å². The van der Waals surface area contributed by atoms with Gasteiger partial charge in [0.15, 0.2) is 5.79 Å². The first-order valence-electron chi connectivity index (χ1n) is 9.31. The minimum Gasteiger partial charge on any atom is -0.459 e. The van der Waals surface area contributed by atoms with Gasteiger partial charge in [-0.25, -0.2) is 9.59 Å². The molecule has 144 valence electrons. The van der Waals surface area contributed by atoms with Crippen LogP contribution >= 0.6 is 0 Å². The van der Waals surface area contributed by atoms with Crippen molar-refractivity contribution in [3.8, 4) is 0 Å². The van der Waals surface area contributed by atoms with Gasteiger partial charge in [-0.1, -0.05) is 17.7 Å². The van der Waals surface area contributed by atoms with Crippen molar-refractivity contribution in [3.63, 3.8) is 0 Å². The third-order valence-electron chi connectivity index (χ3n) is 5.05. The number of carbonyl (C=O) groups is 2. The molecule has 3 aliphatic heterocycles. The van der Waals surface area contributed by atoms with Gasteiger partial charge in [-0.2, -0.15) is 0 Å². The minimum atomic E-state index is -1.61. The lowest BCUT2D eigenvalue weighted by atomic mass is 9.91. The van der Waals surface area contributed by atoms with E-state index in [-0.39, 0.29) is 19.1 Å². The van der Waals surface area contributed by atoms with Crippen molar-refractivity contribution in [1.82, 2.24) is 5.32 Å². The number of carbonyl (C=O) groups excluding carboxylic acids is 2. The fourth-order valence-electron chi connectivity index (χ4n) is 3.69. The smallest absolute Gasteiger partial charge is 0.407 e. The highest BCUT2D eigenvalue weighted by atomic mass is 16.6. The second-order valence-corrected chi connectivity index (χ2v) is 7.31. The molecule has 1 unspecified atom stereocenters. The molecular weight excluding hydrogens is 338 g/mol. The molecule has 0 aromatic heterocycles. The zero-order chi connectivity index (χ0) is 18.6. The maximum atomic E-state index is 12.2. The number of aliphatic hydroxyl groups is 1. The Kier molecular flexibility index (Phi) is 5.98. The monoisotopic (exact) mass is 365 g/mol. The second-order valence-electron chi connectivity index (χ2n) is 7.31. The number of rotatable bonds is 1. The van der Waals surface area contributed by atoms with Crippen LogP contribution in [-0.4, -0.2) is 47.8 Å². The van der Waals surface area contributed by atoms with Crippen LogP contribution in [0, 0.1) is 0 Å². The molecule has 26 heavy (non-hydrogen) atoms. The third-order valence-corrected chi connectivity index (χ3v) is 5.05. The van der Waals surface area contributed by atoms with Gasteiger partial charge in [-0.3, -0.25) is 0 Å². The Bertz CT molecular complexity index is 601. The summed E-state index contributed by atoms with van der Waals surface area (Å²) in [4.78, 5) is 23.6. The van der Waals surface area contributed by atoms with E-state index in [2.05, 4.69) is 17.5 Å². The standard InChI is InChI=1S/C19H27NO6/c1-13-7-5-3-2-4-6-8-14-10-15(25-17(21)9-13)11-19(23,26-14)16-12-24-18(22)20-16/h2-3,9,14-16,23H,4-8,10-12H2,1H3,(H,20,22)/t14?,15-,16+,19-/m1/s1. The molecule has 3 rings (SSSR count). The Morgan fingerprint density at radius 1 is 1.23 bits per heavy atom. The summed E-state index contributed by atoms with van der Waals surface area (Å²) in [6.45, 7) is 1.94. The summed E-state index contributed by atoms with van der Waals surface area (Å²) in [5.41, 5.74) is 0.965. The van der Waals surface area contributed by atoms with Crippen LogP contribution in [0.15, 0.2) is 23.8 Å². The average Bonchev–Trinajstić information content (AvgIpc) is 3.00. The SMILES string of the molecule is CC1=CC(=O)O[C@@H]2CC(CCCC=CCC1)O[C@@](O)([C@@H]1COC(=O)N1)C2. The molecule has 7 heteroatoms. The van der Waals surface area contributed by atoms with Gasteiger partial charge in [-0.05, 0) is 39.0 Å². The molecule has 7 nitrogen and oxygen atoms in total. The van der Waals surface area contributed by atoms with Crippen LogP contribution < -0.4 is 5.32 Å². The first kappa shape index (κ1) is 18.9. The normalized spacial score (nSPS) is 36.4. The molecule has 0 aliphatic carbocycles. The van der Waals surface area contributed by atoms with Gasteiger partial charge in [0.05, 0.1) is 6.10 Å². The maximum Gasteiger partial charge on any atom is 0.407 e. The largest absolute Gasteiger partial charge is 0.459 e. The fourth-order valence-corrected chi connectivity index (χ4v) is 3.69. The Labute approximate surface area is 153 Å². The van der Waals surface area contributed by atoms with Crippen molar-refractivity contribution in [2.24, 2.45) is 0 Å². The highest BCUT2D eigenvalue weighted by molar-refractivity contribution is 5.82. The van der Waals surface area contributed by atoms with Gasteiger partial charge in [0.2, 0.25) is 0 Å². The van der Waals surface area contributed by atoms with E-state index in [4.69, 9.17) is 14.2 Å². The van der Waals surface area contributed by atoms with Crippen molar-refractivity contribution in [1.29, 1.82) is 0 Å². The first-order chi connectivity index (χ1) is 12.4. The molecule has 0 saturated carbocycles. The van der Waals surface area contributed by atoms with Gasteiger partial charge in [0.25, 0.3) is 0 Å². The summed E-state index contributed by atoms with van der Waals surface area (Å²) < 4.78 is 16.4. The van der Waals surface area contributed by atoms with E-state index in [0.717, 1.165) is 37.7 Å². The number of amides is 1. The first-order valence-corrected chi connectivity index (χ1v) is 9.31. The molecule has 2 N–H and O–H groups in total. The van der Waals surface area contributed by atoms with Gasteiger partial charge in [-0.15, -0.1) is 0 Å². The maximum absolute atomic E-state index is 12.2. The van der Waals surface area contributed by atoms with Gasteiger partial charge < -0.3 is 24.6 Å². The Morgan fingerprint density at radius 3 is 2.81 bits per heavy atom. The summed E-state index contributed by atoms with van der Waals surface area (Å²) >= 11 is 0. The Balaban J connectivity index is 1.76. The Hall–Kier alpha value is -1.86. The van der Waals surface area contributed by atoms with Crippen LogP contribution in [0.1, 0.15) is 51.9 Å². The van der Waals surface area contributed by atoms with E-state index < -0.39 is 30.0 Å². The van der Waals surface area contributed by atoms with Crippen molar-refractivity contribution in [2.45, 2.75) is 75.9 Å². The number of esters is 1. The Morgan fingerprint density at radius 2 is 2.04 bits per heavy atom. The zero-order valence-electron chi connectivity index (χ0n) is 15.1. The summed E-state index contributed by atoms with van der Waals surface area (Å²) in [5, 5.41) is 13.6. The number of ether oxygens (including phenoxy) is 3. The number of hydrogen-bond donors (Lipinski definition) is 2. The molecule has 2 saturated heterocycles. The lowest BCUT2D eigenvalue weighted by Gasteiger charge is -2.43. The van der Waals surface area contributed by atoms with E-state index in [1.165, 1.54) is 6.08 Å². The molecule has 4 atom stereocenters. The molecule has 3 aliphatic rings. The van der Waals surface area contributed by atoms with Crippen LogP contribution in [0.4, 0.5) is 4.79 Å². The summed E-state index contributed by atoms with van der Waals surface area (Å²) in [7, 11) is 0. The predicted molar refractivity (Wildman–Crippen MR) is 93.2 cm³/mol. The number of hydrogen-bond acceptors (Lipinski definition) is 6. The molecule has 0 aromatic rings. The number of nitrogens with one attached hydrogen (secondary N) is 1. The topological polar surface area (TPSA) is 94.1 Å². The molecular formula is C19H27NO6. The van der Waals surface area contributed by atoms with Crippen LogP contribution in [0.25, 0.3) is 0 Å². The second kappa shape index (κ2) is 8.22. The average molecular weight is 365 g/mol. The van der Waals surface area contributed by atoms with Crippen molar-refractivity contribution in [2.75, 3.05) is 6.61 Å². The zero-order valence-corrected chi connectivity index (χ0v) is 15.1. The third kappa shape index (κ3) is 4.86. The minimum absolute atomic E-state index is 0.0322. The molecule has 0 radical (unpaired) electrons. The summed E-state index contributed by atoms with van der Waals surface area (Å²) in [6.07, 6.45) is 9.47.